The highest BCUT2D eigenvalue weighted by atomic mass is 127. The fourth-order valence-corrected chi connectivity index (χ4v) is 2.53. The third-order valence-electron chi connectivity index (χ3n) is 3.07. The van der Waals surface area contributed by atoms with E-state index in [4.69, 9.17) is 11.6 Å². The van der Waals surface area contributed by atoms with Gasteiger partial charge in [0.05, 0.1) is 0 Å². The van der Waals surface area contributed by atoms with Crippen molar-refractivity contribution >= 4 is 40.2 Å². The maximum Gasteiger partial charge on any atom is 0.0426 e. The third-order valence-corrected chi connectivity index (χ3v) is 3.84. The zero-order chi connectivity index (χ0) is 12.1. The van der Waals surface area contributed by atoms with Crippen molar-refractivity contribution in [2.24, 2.45) is 0 Å². The summed E-state index contributed by atoms with van der Waals surface area (Å²) in [7, 11) is 0. The molecule has 0 atom stereocenters. The van der Waals surface area contributed by atoms with Crippen molar-refractivity contribution in [1.29, 1.82) is 0 Å². The van der Waals surface area contributed by atoms with Crippen LogP contribution >= 0.6 is 34.5 Å². The first kappa shape index (κ1) is 13.4. The average Bonchev–Trinajstić information content (AvgIpc) is 2.37. The third kappa shape index (κ3) is 3.98. The summed E-state index contributed by atoms with van der Waals surface area (Å²) in [5.41, 5.74) is 1.24. The number of hydrogen-bond donors (Lipinski definition) is 1. The molecule has 0 amide bonds. The number of piperazine rings is 1. The second-order valence-corrected chi connectivity index (χ2v) is 5.39. The highest BCUT2D eigenvalue weighted by Crippen LogP contribution is 2.20. The Morgan fingerprint density at radius 2 is 2.00 bits per heavy atom. The molecule has 1 fully saturated rings. The van der Waals surface area contributed by atoms with E-state index in [1.807, 2.05) is 18.2 Å². The van der Waals surface area contributed by atoms with Crippen LogP contribution in [0.25, 0.3) is 0 Å². The van der Waals surface area contributed by atoms with Gasteiger partial charge in [0.25, 0.3) is 0 Å². The van der Waals surface area contributed by atoms with E-state index >= 15 is 0 Å². The Morgan fingerprint density at radius 3 is 2.65 bits per heavy atom. The van der Waals surface area contributed by atoms with Crippen LogP contribution in [0.3, 0.4) is 0 Å². The van der Waals surface area contributed by atoms with E-state index in [0.29, 0.717) is 0 Å². The number of rotatable bonds is 4. The molecule has 1 aliphatic rings. The molecule has 1 aromatic rings. The predicted molar refractivity (Wildman–Crippen MR) is 82.1 cm³/mol. The fraction of sp³-hybridized carbons (Fsp3) is 0.500. The van der Waals surface area contributed by atoms with E-state index in [1.165, 1.54) is 5.69 Å². The van der Waals surface area contributed by atoms with Crippen LogP contribution in [0.2, 0.25) is 5.02 Å². The second-order valence-electron chi connectivity index (χ2n) is 4.19. The molecule has 17 heavy (non-hydrogen) atoms. The number of nitrogens with one attached hydrogen (secondary N) is 1. The molecule has 5 heteroatoms. The Bertz CT molecular complexity index is 353. The van der Waals surface area contributed by atoms with Gasteiger partial charge in [-0.05, 0) is 18.2 Å². The zero-order valence-corrected chi connectivity index (χ0v) is 12.6. The minimum Gasteiger partial charge on any atom is -0.369 e. The second kappa shape index (κ2) is 6.78. The maximum absolute atomic E-state index is 6.02. The normalized spacial score (nSPS) is 17.4. The number of anilines is 1. The predicted octanol–water partition coefficient (Wildman–Crippen LogP) is 2.40. The van der Waals surface area contributed by atoms with Crippen LogP contribution in [0.5, 0.6) is 0 Å². The summed E-state index contributed by atoms with van der Waals surface area (Å²) in [5, 5.41) is 0.819. The van der Waals surface area contributed by atoms with Gasteiger partial charge in [0, 0.05) is 72.8 Å². The van der Waals surface area contributed by atoms with Gasteiger partial charge in [-0.25, -0.2) is 0 Å². The number of benzene rings is 1. The molecule has 2 rings (SSSR count). The molecule has 0 aromatic heterocycles. The molecule has 1 N–H and O–H groups in total. The molecule has 1 aliphatic heterocycles. The van der Waals surface area contributed by atoms with Gasteiger partial charge < -0.3 is 4.90 Å². The van der Waals surface area contributed by atoms with E-state index in [-0.39, 0.29) is 0 Å². The summed E-state index contributed by atoms with van der Waals surface area (Å²) >= 11 is 8.21. The fourth-order valence-electron chi connectivity index (χ4n) is 2.10. The first-order chi connectivity index (χ1) is 8.29. The van der Waals surface area contributed by atoms with Crippen molar-refractivity contribution in [3.63, 3.8) is 0 Å². The molecule has 94 valence electrons. The van der Waals surface area contributed by atoms with E-state index in [9.17, 15) is 0 Å². The smallest absolute Gasteiger partial charge is 0.0426 e. The lowest BCUT2D eigenvalue weighted by molar-refractivity contribution is 0.263. The van der Waals surface area contributed by atoms with Gasteiger partial charge in [-0.1, -0.05) is 17.7 Å². The van der Waals surface area contributed by atoms with Crippen molar-refractivity contribution in [2.75, 3.05) is 44.2 Å². The lowest BCUT2D eigenvalue weighted by Gasteiger charge is -2.36. The Kier molecular flexibility index (Phi) is 5.34. The Balaban J connectivity index is 1.86. The molecule has 0 radical (unpaired) electrons. The highest BCUT2D eigenvalue weighted by Gasteiger charge is 2.16. The molecule has 0 unspecified atom stereocenters. The van der Waals surface area contributed by atoms with Crippen molar-refractivity contribution < 1.29 is 0 Å². The molecule has 1 saturated heterocycles. The average molecular weight is 366 g/mol. The molecular weight excluding hydrogens is 349 g/mol. The summed E-state index contributed by atoms with van der Waals surface area (Å²) in [4.78, 5) is 4.90. The summed E-state index contributed by atoms with van der Waals surface area (Å²) in [5.74, 6) is 0. The number of nitrogens with zero attached hydrogens (tertiary/aromatic N) is 2. The molecular formula is C12H17ClIN3. The molecule has 3 nitrogen and oxygen atoms in total. The van der Waals surface area contributed by atoms with Crippen LogP contribution in [0, 0.1) is 0 Å². The summed E-state index contributed by atoms with van der Waals surface area (Å²) in [6, 6.07) is 8.12. The zero-order valence-electron chi connectivity index (χ0n) is 9.70. The summed E-state index contributed by atoms with van der Waals surface area (Å²) in [6.07, 6.45) is 0. The van der Waals surface area contributed by atoms with Gasteiger partial charge in [0.15, 0.2) is 0 Å². The molecule has 1 aromatic carbocycles. The monoisotopic (exact) mass is 365 g/mol. The van der Waals surface area contributed by atoms with Crippen molar-refractivity contribution in [2.45, 2.75) is 0 Å². The minimum absolute atomic E-state index is 0.819. The van der Waals surface area contributed by atoms with Gasteiger partial charge in [-0.15, -0.1) is 0 Å². The van der Waals surface area contributed by atoms with Crippen molar-refractivity contribution in [1.82, 2.24) is 8.43 Å². The quantitative estimate of drug-likeness (QED) is 0.653. The summed E-state index contributed by atoms with van der Waals surface area (Å²) in [6.45, 7) is 6.61. The van der Waals surface area contributed by atoms with Gasteiger partial charge in [-0.3, -0.25) is 8.43 Å². The Hall–Kier alpha value is -0.0400. The van der Waals surface area contributed by atoms with Crippen LogP contribution in [0.15, 0.2) is 24.3 Å². The van der Waals surface area contributed by atoms with Gasteiger partial charge in [0.1, 0.15) is 0 Å². The van der Waals surface area contributed by atoms with E-state index in [1.54, 1.807) is 0 Å². The molecule has 0 aliphatic carbocycles. The van der Waals surface area contributed by atoms with Crippen LogP contribution in [0.1, 0.15) is 0 Å². The van der Waals surface area contributed by atoms with Crippen molar-refractivity contribution in [3.05, 3.63) is 29.3 Å². The Morgan fingerprint density at radius 1 is 1.24 bits per heavy atom. The first-order valence-electron chi connectivity index (χ1n) is 5.86. The highest BCUT2D eigenvalue weighted by molar-refractivity contribution is 14.1. The maximum atomic E-state index is 6.02. The minimum atomic E-state index is 0.819. The SMILES string of the molecule is Clc1cccc(N2CCN(CCNI)CC2)c1. The molecule has 0 bridgehead atoms. The van der Waals surface area contributed by atoms with E-state index < -0.39 is 0 Å². The lowest BCUT2D eigenvalue weighted by Crippen LogP contribution is -2.47. The Labute approximate surface area is 122 Å². The lowest BCUT2D eigenvalue weighted by atomic mass is 10.2. The van der Waals surface area contributed by atoms with Crippen molar-refractivity contribution in [3.8, 4) is 0 Å². The topological polar surface area (TPSA) is 18.5 Å². The molecule has 0 saturated carbocycles. The molecule has 0 spiro atoms. The van der Waals surface area contributed by atoms with Crippen LogP contribution in [-0.4, -0.2) is 44.2 Å². The largest absolute Gasteiger partial charge is 0.369 e. The van der Waals surface area contributed by atoms with Crippen LogP contribution in [-0.2, 0) is 0 Å². The van der Waals surface area contributed by atoms with Gasteiger partial charge in [-0.2, -0.15) is 0 Å². The van der Waals surface area contributed by atoms with Gasteiger partial charge in [0.2, 0.25) is 0 Å². The molecule has 1 heterocycles. The van der Waals surface area contributed by atoms with Crippen LogP contribution < -0.4 is 8.43 Å². The number of hydrogen-bond acceptors (Lipinski definition) is 3. The first-order valence-corrected chi connectivity index (χ1v) is 7.31. The van der Waals surface area contributed by atoms with Crippen LogP contribution in [0.4, 0.5) is 5.69 Å². The van der Waals surface area contributed by atoms with Gasteiger partial charge >= 0.3 is 0 Å². The number of halogens is 2. The standard InChI is InChI=1S/C12H17ClIN3/c13-11-2-1-3-12(10-11)17-8-6-16(7-9-17)5-4-15-14/h1-3,10,15H,4-9H2. The van der Waals surface area contributed by atoms with E-state index in [0.717, 1.165) is 44.3 Å². The van der Waals surface area contributed by atoms with E-state index in [2.05, 4.69) is 42.3 Å². The summed E-state index contributed by atoms with van der Waals surface area (Å²) < 4.78 is 3.16.